The van der Waals surface area contributed by atoms with Gasteiger partial charge < -0.3 is 27.9 Å². The number of hydrogen-bond acceptors (Lipinski definition) is 7. The summed E-state index contributed by atoms with van der Waals surface area (Å²) < 4.78 is 34.6. The van der Waals surface area contributed by atoms with E-state index in [-0.39, 0.29) is 32.2 Å². The highest BCUT2D eigenvalue weighted by Crippen LogP contribution is 2.38. The number of quaternary nitrogens is 1. The van der Waals surface area contributed by atoms with Crippen LogP contribution in [0.5, 0.6) is 0 Å². The SMILES string of the molecule is CC/C=C\C/C=C\C/C=C\C/C=C\C/C=C\C/C=C\CCCCC(=O)OC(COCCCCCCCCC/C=C\C/C=C\C/C=C\CCCCC)COP(=O)([O-])OCC[N+](C)(C)C. The van der Waals surface area contributed by atoms with Gasteiger partial charge in [0.15, 0.2) is 0 Å². The van der Waals surface area contributed by atoms with Crippen molar-refractivity contribution in [3.05, 3.63) is 109 Å². The molecule has 0 N–H and O–H groups in total. The lowest BCUT2D eigenvalue weighted by Crippen LogP contribution is -2.37. The van der Waals surface area contributed by atoms with E-state index in [0.29, 0.717) is 24.1 Å². The molecule has 0 aliphatic heterocycles. The van der Waals surface area contributed by atoms with Crippen LogP contribution in [0.3, 0.4) is 0 Å². The van der Waals surface area contributed by atoms with Crippen LogP contribution in [0.2, 0.25) is 0 Å². The minimum atomic E-state index is -4.55. The van der Waals surface area contributed by atoms with Crippen LogP contribution >= 0.6 is 7.82 Å². The van der Waals surface area contributed by atoms with E-state index in [0.717, 1.165) is 89.9 Å². The van der Waals surface area contributed by atoms with E-state index in [1.807, 2.05) is 21.1 Å². The van der Waals surface area contributed by atoms with E-state index in [4.69, 9.17) is 18.5 Å². The summed E-state index contributed by atoms with van der Waals surface area (Å²) in [4.78, 5) is 25.1. The molecular weight excluding hydrogens is 806 g/mol. The molecule has 0 heterocycles. The van der Waals surface area contributed by atoms with E-state index >= 15 is 0 Å². The summed E-state index contributed by atoms with van der Waals surface area (Å²) in [5, 5.41) is 0. The Kier molecular flexibility index (Phi) is 43.7. The van der Waals surface area contributed by atoms with Crippen molar-refractivity contribution >= 4 is 13.8 Å². The first-order valence-electron chi connectivity index (χ1n) is 24.6. The van der Waals surface area contributed by atoms with Gasteiger partial charge in [-0.3, -0.25) is 9.36 Å². The monoisotopic (exact) mass is 898 g/mol. The van der Waals surface area contributed by atoms with Gasteiger partial charge in [-0.05, 0) is 103 Å². The molecule has 0 aromatic carbocycles. The summed E-state index contributed by atoms with van der Waals surface area (Å²) in [5.41, 5.74) is 0. The van der Waals surface area contributed by atoms with Gasteiger partial charge in [-0.2, -0.15) is 0 Å². The van der Waals surface area contributed by atoms with Crippen LogP contribution in [0, 0.1) is 0 Å². The molecule has 2 unspecified atom stereocenters. The van der Waals surface area contributed by atoms with Gasteiger partial charge in [0.2, 0.25) is 0 Å². The third-order valence-electron chi connectivity index (χ3n) is 9.81. The lowest BCUT2D eigenvalue weighted by molar-refractivity contribution is -0.870. The number of unbranched alkanes of at least 4 members (excludes halogenated alkanes) is 12. The first kappa shape index (κ1) is 60.2. The summed E-state index contributed by atoms with van der Waals surface area (Å²) in [6, 6.07) is 0. The summed E-state index contributed by atoms with van der Waals surface area (Å²) in [6.45, 7) is 5.16. The molecule has 0 aliphatic carbocycles. The fraction of sp³-hybridized carbons (Fsp3) is 0.648. The Bertz CT molecular complexity index is 1370. The van der Waals surface area contributed by atoms with Crippen LogP contribution in [0.4, 0.5) is 0 Å². The van der Waals surface area contributed by atoms with E-state index in [2.05, 4.69) is 123 Å². The molecule has 2 atom stereocenters. The number of hydrogen-bond donors (Lipinski definition) is 0. The molecule has 0 fully saturated rings. The number of esters is 1. The molecule has 0 radical (unpaired) electrons. The van der Waals surface area contributed by atoms with E-state index < -0.39 is 13.9 Å². The largest absolute Gasteiger partial charge is 0.756 e. The smallest absolute Gasteiger partial charge is 0.306 e. The third-order valence-corrected chi connectivity index (χ3v) is 10.8. The predicted octanol–water partition coefficient (Wildman–Crippen LogP) is 14.5. The van der Waals surface area contributed by atoms with Crippen molar-refractivity contribution in [2.24, 2.45) is 0 Å². The number of rotatable bonds is 44. The molecule has 0 bridgehead atoms. The molecular formula is C54H92NO7P. The molecule has 63 heavy (non-hydrogen) atoms. The lowest BCUT2D eigenvalue weighted by Gasteiger charge is -2.28. The van der Waals surface area contributed by atoms with Crippen LogP contribution in [0.15, 0.2) is 109 Å². The van der Waals surface area contributed by atoms with E-state index in [9.17, 15) is 14.3 Å². The van der Waals surface area contributed by atoms with Gasteiger partial charge in [0.05, 0.1) is 34.4 Å². The zero-order chi connectivity index (χ0) is 46.2. The maximum Gasteiger partial charge on any atom is 0.306 e. The summed E-state index contributed by atoms with van der Waals surface area (Å²) in [6.07, 6.45) is 64.0. The van der Waals surface area contributed by atoms with Gasteiger partial charge in [0.1, 0.15) is 19.3 Å². The van der Waals surface area contributed by atoms with Crippen molar-refractivity contribution in [2.75, 3.05) is 54.1 Å². The van der Waals surface area contributed by atoms with Crippen molar-refractivity contribution in [1.82, 2.24) is 0 Å². The molecule has 360 valence electrons. The Hall–Kier alpha value is -2.84. The average molecular weight is 898 g/mol. The Morgan fingerprint density at radius 3 is 1.38 bits per heavy atom. The number of phosphoric ester groups is 1. The zero-order valence-electron chi connectivity index (χ0n) is 40.7. The standard InChI is InChI=1S/C54H92NO7P/c1-6-8-10-12-14-16-18-20-22-24-26-28-29-31-33-35-37-39-41-43-45-47-54(56)62-53(52-61-63(57,58)60-50-48-55(3,4)5)51-59-49-46-44-42-40-38-36-34-32-30-27-25-23-21-19-17-15-13-11-9-7-2/h8,10,14-17,20-23,26-28,30-31,33,37,39,53H,6-7,9,11-13,18-19,24-25,29,32,34-36,38,40-52H2,1-5H3/b10-8-,16-14-,17-15-,22-20-,23-21-,28-26-,30-27-,33-31-,39-37-. The first-order chi connectivity index (χ1) is 30.6. The molecule has 0 rings (SSSR count). The molecule has 0 spiro atoms. The second-order valence-corrected chi connectivity index (χ2v) is 18.5. The van der Waals surface area contributed by atoms with Gasteiger partial charge in [-0.1, -0.05) is 168 Å². The quantitative estimate of drug-likeness (QED) is 0.0198. The molecule has 0 saturated carbocycles. The first-order valence-corrected chi connectivity index (χ1v) is 26.1. The molecule has 0 aliphatic rings. The Morgan fingerprint density at radius 1 is 0.508 bits per heavy atom. The van der Waals surface area contributed by atoms with Crippen molar-refractivity contribution in [1.29, 1.82) is 0 Å². The summed E-state index contributed by atoms with van der Waals surface area (Å²) in [7, 11) is 1.30. The maximum atomic E-state index is 12.7. The van der Waals surface area contributed by atoms with E-state index in [1.165, 1.54) is 51.4 Å². The molecule has 0 aromatic heterocycles. The normalized spacial score (nSPS) is 14.6. The highest BCUT2D eigenvalue weighted by atomic mass is 31.2. The molecule has 8 nitrogen and oxygen atoms in total. The summed E-state index contributed by atoms with van der Waals surface area (Å²) >= 11 is 0. The fourth-order valence-electron chi connectivity index (χ4n) is 6.03. The van der Waals surface area contributed by atoms with Crippen LogP contribution in [0.1, 0.15) is 168 Å². The maximum absolute atomic E-state index is 12.7. The highest BCUT2D eigenvalue weighted by Gasteiger charge is 2.20. The van der Waals surface area contributed by atoms with Crippen LogP contribution in [0.25, 0.3) is 0 Å². The number of phosphoric acid groups is 1. The van der Waals surface area contributed by atoms with Crippen molar-refractivity contribution in [3.63, 3.8) is 0 Å². The van der Waals surface area contributed by atoms with E-state index in [1.54, 1.807) is 0 Å². The number of carbonyl (C=O) groups excluding carboxylic acids is 1. The van der Waals surface area contributed by atoms with Crippen molar-refractivity contribution < 1.29 is 37.3 Å². The minimum absolute atomic E-state index is 0.00855. The average Bonchev–Trinajstić information content (AvgIpc) is 3.24. The van der Waals surface area contributed by atoms with Crippen molar-refractivity contribution in [2.45, 2.75) is 174 Å². The van der Waals surface area contributed by atoms with Crippen LogP contribution in [-0.2, 0) is 27.9 Å². The number of ether oxygens (including phenoxy) is 2. The van der Waals surface area contributed by atoms with Crippen molar-refractivity contribution in [3.8, 4) is 0 Å². The van der Waals surface area contributed by atoms with Crippen LogP contribution in [-0.4, -0.2) is 70.7 Å². The molecule has 0 amide bonds. The molecule has 0 aromatic rings. The second-order valence-electron chi connectivity index (χ2n) is 17.1. The topological polar surface area (TPSA) is 94.1 Å². The zero-order valence-corrected chi connectivity index (χ0v) is 41.6. The Labute approximate surface area is 387 Å². The fourth-order valence-corrected chi connectivity index (χ4v) is 6.75. The third kappa shape index (κ3) is 50.0. The van der Waals surface area contributed by atoms with Gasteiger partial charge in [0, 0.05) is 13.0 Å². The number of likely N-dealkylation sites (N-methyl/N-ethyl adjacent to an activating group) is 1. The molecule has 9 heteroatoms. The lowest BCUT2D eigenvalue weighted by atomic mass is 10.1. The van der Waals surface area contributed by atoms with Crippen LogP contribution < -0.4 is 4.89 Å². The predicted molar refractivity (Wildman–Crippen MR) is 268 cm³/mol. The Balaban J connectivity index is 4.32. The minimum Gasteiger partial charge on any atom is -0.756 e. The second kappa shape index (κ2) is 45.7. The molecule has 0 saturated heterocycles. The summed E-state index contributed by atoms with van der Waals surface area (Å²) in [5.74, 6) is -0.384. The van der Waals surface area contributed by atoms with Gasteiger partial charge in [0.25, 0.3) is 7.82 Å². The number of nitrogens with zero attached hydrogens (tertiary/aromatic N) is 1. The van der Waals surface area contributed by atoms with Gasteiger partial charge >= 0.3 is 5.97 Å². The highest BCUT2D eigenvalue weighted by molar-refractivity contribution is 7.45. The Morgan fingerprint density at radius 2 is 0.921 bits per heavy atom. The number of allylic oxidation sites excluding steroid dienone is 18. The number of carbonyl (C=O) groups is 1. The van der Waals surface area contributed by atoms with Gasteiger partial charge in [-0.15, -0.1) is 0 Å². The van der Waals surface area contributed by atoms with Gasteiger partial charge in [-0.25, -0.2) is 0 Å².